The molecule has 1 aromatic rings. The monoisotopic (exact) mass is 429 g/mol. The Hall–Kier alpha value is -1.68. The number of nitrogens with zero attached hydrogens (tertiary/aromatic N) is 2. The summed E-state index contributed by atoms with van der Waals surface area (Å²) < 4.78 is 26.5. The van der Waals surface area contributed by atoms with Gasteiger partial charge in [-0.2, -0.15) is 0 Å². The van der Waals surface area contributed by atoms with Gasteiger partial charge in [-0.05, 0) is 31.5 Å². The van der Waals surface area contributed by atoms with E-state index in [1.165, 1.54) is 0 Å². The molecule has 3 N–H and O–H groups in total. The Morgan fingerprint density at radius 1 is 1.18 bits per heavy atom. The molecule has 0 aliphatic carbocycles. The number of amides is 1. The van der Waals surface area contributed by atoms with Crippen molar-refractivity contribution in [3.05, 3.63) is 29.8 Å². The molecule has 1 aromatic carbocycles. The van der Waals surface area contributed by atoms with Crippen LogP contribution in [0.15, 0.2) is 34.2 Å². The van der Waals surface area contributed by atoms with Gasteiger partial charge < -0.3 is 15.5 Å². The molecule has 0 unspecified atom stereocenters. The number of nitrogens with one attached hydrogen (secondary N) is 3. The van der Waals surface area contributed by atoms with Crippen molar-refractivity contribution in [1.82, 2.24) is 20.3 Å². The first-order chi connectivity index (χ1) is 13.1. The van der Waals surface area contributed by atoms with E-state index in [2.05, 4.69) is 25.2 Å². The Morgan fingerprint density at radius 3 is 2.71 bits per heavy atom. The van der Waals surface area contributed by atoms with Gasteiger partial charge in [0.05, 0.1) is 4.90 Å². The number of sulfonamides is 1. The summed E-state index contributed by atoms with van der Waals surface area (Å²) in [7, 11) is -3.50. The minimum atomic E-state index is -3.50. The van der Waals surface area contributed by atoms with Crippen molar-refractivity contribution in [1.29, 1.82) is 0 Å². The fourth-order valence-electron chi connectivity index (χ4n) is 3.24. The molecule has 2 aliphatic rings. The van der Waals surface area contributed by atoms with Gasteiger partial charge in [0.1, 0.15) is 5.84 Å². The van der Waals surface area contributed by atoms with Gasteiger partial charge in [0.15, 0.2) is 0 Å². The Balaban J connectivity index is 0.00000280. The summed E-state index contributed by atoms with van der Waals surface area (Å²) in [6, 6.07) is 6.77. The van der Waals surface area contributed by atoms with Gasteiger partial charge in [0.2, 0.25) is 5.91 Å². The van der Waals surface area contributed by atoms with E-state index in [9.17, 15) is 13.2 Å². The van der Waals surface area contributed by atoms with Crippen LogP contribution in [0.1, 0.15) is 24.8 Å². The first kappa shape index (κ1) is 22.6. The number of amidine groups is 1. The van der Waals surface area contributed by atoms with Crippen LogP contribution in [0.5, 0.6) is 0 Å². The molecule has 1 fully saturated rings. The van der Waals surface area contributed by atoms with Crippen molar-refractivity contribution in [2.24, 2.45) is 4.99 Å². The first-order valence-corrected chi connectivity index (χ1v) is 10.9. The van der Waals surface area contributed by atoms with E-state index in [0.717, 1.165) is 39.1 Å². The molecular formula is C18H28ClN5O3S. The Labute approximate surface area is 172 Å². The molecule has 0 saturated carbocycles. The molecule has 0 spiro atoms. The highest BCUT2D eigenvalue weighted by atomic mass is 35.5. The number of fused-ring (bicyclic) bond motifs is 1. The van der Waals surface area contributed by atoms with Crippen LogP contribution >= 0.6 is 12.4 Å². The van der Waals surface area contributed by atoms with Gasteiger partial charge in [0, 0.05) is 51.3 Å². The predicted molar refractivity (Wildman–Crippen MR) is 112 cm³/mol. The lowest BCUT2D eigenvalue weighted by Crippen LogP contribution is -2.44. The number of rotatable bonds is 8. The maximum atomic E-state index is 12.0. The van der Waals surface area contributed by atoms with Gasteiger partial charge in [-0.15, -0.1) is 12.4 Å². The average molecular weight is 430 g/mol. The third kappa shape index (κ3) is 6.16. The van der Waals surface area contributed by atoms with E-state index in [1.807, 2.05) is 0 Å². The molecule has 2 heterocycles. The SMILES string of the molecule is Cl.O=C(CCCN=C1NS(=O)(=O)c2ccccc21)NCCCN1CCNCC1. The zero-order chi connectivity index (χ0) is 19.1. The number of hydrogen-bond donors (Lipinski definition) is 3. The van der Waals surface area contributed by atoms with Crippen molar-refractivity contribution in [2.45, 2.75) is 24.2 Å². The van der Waals surface area contributed by atoms with Crippen molar-refractivity contribution < 1.29 is 13.2 Å². The summed E-state index contributed by atoms with van der Waals surface area (Å²) in [6.07, 6.45) is 1.92. The molecule has 0 atom stereocenters. The molecule has 0 bridgehead atoms. The van der Waals surface area contributed by atoms with Gasteiger partial charge in [-0.25, -0.2) is 8.42 Å². The van der Waals surface area contributed by atoms with Crippen LogP contribution in [0, 0.1) is 0 Å². The Morgan fingerprint density at radius 2 is 1.93 bits per heavy atom. The number of benzene rings is 1. The van der Waals surface area contributed by atoms with E-state index < -0.39 is 10.0 Å². The number of hydrogen-bond acceptors (Lipinski definition) is 6. The van der Waals surface area contributed by atoms with Crippen molar-refractivity contribution in [3.8, 4) is 0 Å². The highest BCUT2D eigenvalue weighted by Gasteiger charge is 2.29. The number of piperazine rings is 1. The number of halogens is 1. The van der Waals surface area contributed by atoms with Crippen LogP contribution < -0.4 is 15.4 Å². The fraction of sp³-hybridized carbons (Fsp3) is 0.556. The van der Waals surface area contributed by atoms with E-state index >= 15 is 0 Å². The zero-order valence-corrected chi connectivity index (χ0v) is 17.4. The quantitative estimate of drug-likeness (QED) is 0.517. The van der Waals surface area contributed by atoms with Crippen LogP contribution in [-0.2, 0) is 14.8 Å². The van der Waals surface area contributed by atoms with E-state index in [0.29, 0.717) is 37.3 Å². The van der Waals surface area contributed by atoms with Crippen LogP contribution in [0.3, 0.4) is 0 Å². The van der Waals surface area contributed by atoms with Crippen molar-refractivity contribution in [2.75, 3.05) is 45.8 Å². The molecule has 1 amide bonds. The minimum Gasteiger partial charge on any atom is -0.356 e. The number of aliphatic imine (C=N–C) groups is 1. The standard InChI is InChI=1S/C18H27N5O3S.ClH/c24-17(20-9-4-12-23-13-10-19-11-14-23)7-3-8-21-18-15-5-1-2-6-16(15)27(25,26)22-18;/h1-2,5-6,19H,3-4,7-14H2,(H,20,24)(H,21,22);1H. The molecule has 28 heavy (non-hydrogen) atoms. The third-order valence-electron chi connectivity index (χ3n) is 4.68. The summed E-state index contributed by atoms with van der Waals surface area (Å²) >= 11 is 0. The highest BCUT2D eigenvalue weighted by Crippen LogP contribution is 2.22. The van der Waals surface area contributed by atoms with Crippen molar-refractivity contribution in [3.63, 3.8) is 0 Å². The second-order valence-electron chi connectivity index (χ2n) is 6.73. The second kappa shape index (κ2) is 10.8. The summed E-state index contributed by atoms with van der Waals surface area (Å²) in [4.78, 5) is 18.9. The van der Waals surface area contributed by atoms with Gasteiger partial charge in [0.25, 0.3) is 10.0 Å². The smallest absolute Gasteiger partial charge is 0.263 e. The number of carbonyl (C=O) groups is 1. The average Bonchev–Trinajstić information content (AvgIpc) is 2.94. The molecule has 1 saturated heterocycles. The zero-order valence-electron chi connectivity index (χ0n) is 15.8. The third-order valence-corrected chi connectivity index (χ3v) is 6.07. The molecule has 0 aromatic heterocycles. The van der Waals surface area contributed by atoms with E-state index in [4.69, 9.17) is 0 Å². The highest BCUT2D eigenvalue weighted by molar-refractivity contribution is 7.90. The molecule has 10 heteroatoms. The molecule has 156 valence electrons. The molecule has 8 nitrogen and oxygen atoms in total. The summed E-state index contributed by atoms with van der Waals surface area (Å²) in [5.74, 6) is 0.380. The predicted octanol–water partition coefficient (Wildman–Crippen LogP) is 0.339. The van der Waals surface area contributed by atoms with Gasteiger partial charge in [-0.1, -0.05) is 12.1 Å². The van der Waals surface area contributed by atoms with Crippen LogP contribution in [0.25, 0.3) is 0 Å². The summed E-state index contributed by atoms with van der Waals surface area (Å²) in [5, 5.41) is 6.26. The van der Waals surface area contributed by atoms with Crippen LogP contribution in [0.2, 0.25) is 0 Å². The lowest BCUT2D eigenvalue weighted by molar-refractivity contribution is -0.121. The first-order valence-electron chi connectivity index (χ1n) is 9.43. The molecular weight excluding hydrogens is 402 g/mol. The largest absolute Gasteiger partial charge is 0.356 e. The normalized spacial score (nSPS) is 19.5. The topological polar surface area (TPSA) is 103 Å². The lowest BCUT2D eigenvalue weighted by atomic mass is 10.2. The van der Waals surface area contributed by atoms with E-state index in [1.54, 1.807) is 24.3 Å². The number of carbonyl (C=O) groups excluding carboxylic acids is 1. The Bertz CT molecular complexity index is 794. The van der Waals surface area contributed by atoms with E-state index in [-0.39, 0.29) is 23.2 Å². The summed E-state index contributed by atoms with van der Waals surface area (Å²) in [6.45, 7) is 6.31. The van der Waals surface area contributed by atoms with Crippen LogP contribution in [-0.4, -0.2) is 70.9 Å². The van der Waals surface area contributed by atoms with Gasteiger partial charge in [-0.3, -0.25) is 14.5 Å². The maximum Gasteiger partial charge on any atom is 0.263 e. The Kier molecular flexibility index (Phi) is 8.68. The van der Waals surface area contributed by atoms with Crippen LogP contribution in [0.4, 0.5) is 0 Å². The minimum absolute atomic E-state index is 0. The fourth-order valence-corrected chi connectivity index (χ4v) is 4.49. The second-order valence-corrected chi connectivity index (χ2v) is 8.38. The van der Waals surface area contributed by atoms with Crippen molar-refractivity contribution >= 4 is 34.2 Å². The van der Waals surface area contributed by atoms with Gasteiger partial charge >= 0.3 is 0 Å². The molecule has 2 aliphatic heterocycles. The lowest BCUT2D eigenvalue weighted by Gasteiger charge is -2.27. The maximum absolute atomic E-state index is 12.0. The summed E-state index contributed by atoms with van der Waals surface area (Å²) in [5.41, 5.74) is 0.592. The molecule has 0 radical (unpaired) electrons. The molecule has 3 rings (SSSR count).